The van der Waals surface area contributed by atoms with E-state index in [0.717, 1.165) is 5.56 Å². The second-order valence-corrected chi connectivity index (χ2v) is 3.95. The Balaban J connectivity index is 2.24. The van der Waals surface area contributed by atoms with E-state index in [0.29, 0.717) is 11.5 Å². The van der Waals surface area contributed by atoms with Crippen molar-refractivity contribution in [1.29, 1.82) is 0 Å². The summed E-state index contributed by atoms with van der Waals surface area (Å²) in [6.07, 6.45) is 1.34. The molecule has 0 bridgehead atoms. The summed E-state index contributed by atoms with van der Waals surface area (Å²) < 4.78 is 0. The summed E-state index contributed by atoms with van der Waals surface area (Å²) >= 11 is 0. The van der Waals surface area contributed by atoms with Gasteiger partial charge in [0.05, 0.1) is 6.04 Å². The van der Waals surface area contributed by atoms with Crippen LogP contribution in [0.25, 0.3) is 0 Å². The number of nitrogen functional groups attached to an aromatic ring is 2. The van der Waals surface area contributed by atoms with Gasteiger partial charge in [0.15, 0.2) is 11.6 Å². The second kappa shape index (κ2) is 4.79. The molecule has 0 amide bonds. The Morgan fingerprint density at radius 3 is 2.67 bits per heavy atom. The van der Waals surface area contributed by atoms with Crippen molar-refractivity contribution in [3.8, 4) is 5.75 Å². The third-order valence-corrected chi connectivity index (χ3v) is 2.67. The lowest BCUT2D eigenvalue weighted by molar-refractivity contribution is 0.465. The first-order valence-electron chi connectivity index (χ1n) is 5.50. The molecule has 1 heterocycles. The van der Waals surface area contributed by atoms with E-state index in [1.54, 1.807) is 12.1 Å². The van der Waals surface area contributed by atoms with Gasteiger partial charge in [-0.05, 0) is 13.0 Å². The molecule has 0 aliphatic rings. The summed E-state index contributed by atoms with van der Waals surface area (Å²) in [5.41, 5.74) is 12.4. The summed E-state index contributed by atoms with van der Waals surface area (Å²) in [7, 11) is 0. The zero-order chi connectivity index (χ0) is 13.1. The molecule has 18 heavy (non-hydrogen) atoms. The summed E-state index contributed by atoms with van der Waals surface area (Å²) in [5, 5.41) is 12.8. The summed E-state index contributed by atoms with van der Waals surface area (Å²) in [5.74, 6) is 0.910. The molecule has 6 N–H and O–H groups in total. The first kappa shape index (κ1) is 12.0. The minimum atomic E-state index is -0.150. The predicted octanol–water partition coefficient (Wildman–Crippen LogP) is 1.52. The van der Waals surface area contributed by atoms with Crippen LogP contribution in [0.2, 0.25) is 0 Å². The van der Waals surface area contributed by atoms with E-state index < -0.39 is 0 Å². The number of nitrogens with two attached hydrogens (primary N) is 2. The van der Waals surface area contributed by atoms with Crippen molar-refractivity contribution < 1.29 is 5.11 Å². The lowest BCUT2D eigenvalue weighted by Crippen LogP contribution is -2.11. The maximum atomic E-state index is 9.75. The molecule has 1 aromatic heterocycles. The van der Waals surface area contributed by atoms with E-state index in [9.17, 15) is 5.11 Å². The van der Waals surface area contributed by atoms with Crippen molar-refractivity contribution in [1.82, 2.24) is 9.97 Å². The number of rotatable bonds is 3. The van der Waals surface area contributed by atoms with E-state index in [-0.39, 0.29) is 17.6 Å². The van der Waals surface area contributed by atoms with Crippen molar-refractivity contribution in [2.75, 3.05) is 16.8 Å². The number of nitrogens with one attached hydrogen (secondary N) is 1. The highest BCUT2D eigenvalue weighted by molar-refractivity contribution is 5.72. The fraction of sp³-hybridized carbons (Fsp3) is 0.167. The lowest BCUT2D eigenvalue weighted by Gasteiger charge is -2.17. The smallest absolute Gasteiger partial charge is 0.155 e. The van der Waals surface area contributed by atoms with Crippen LogP contribution in [-0.2, 0) is 0 Å². The number of phenols is 1. The Morgan fingerprint density at radius 1 is 1.22 bits per heavy atom. The van der Waals surface area contributed by atoms with Crippen molar-refractivity contribution in [3.63, 3.8) is 0 Å². The van der Waals surface area contributed by atoms with Crippen molar-refractivity contribution in [3.05, 3.63) is 36.2 Å². The van der Waals surface area contributed by atoms with Gasteiger partial charge in [0.2, 0.25) is 0 Å². The molecule has 0 saturated heterocycles. The van der Waals surface area contributed by atoms with Gasteiger partial charge in [0, 0.05) is 5.56 Å². The maximum Gasteiger partial charge on any atom is 0.155 e. The summed E-state index contributed by atoms with van der Waals surface area (Å²) in [6, 6.07) is 6.93. The van der Waals surface area contributed by atoms with E-state index in [1.165, 1.54) is 6.33 Å². The molecule has 1 unspecified atom stereocenters. The molecule has 6 nitrogen and oxygen atoms in total. The standard InChI is InChI=1S/C12H15N5O/c1-7(8-4-2-3-5-9(8)18)17-12-10(13)11(14)15-6-16-12/h2-7,18H,13H2,1H3,(H3,14,15,16,17). The highest BCUT2D eigenvalue weighted by atomic mass is 16.3. The topological polar surface area (TPSA) is 110 Å². The average Bonchev–Trinajstić information content (AvgIpc) is 2.35. The van der Waals surface area contributed by atoms with Gasteiger partial charge in [-0.15, -0.1) is 0 Å². The maximum absolute atomic E-state index is 9.75. The molecular weight excluding hydrogens is 230 g/mol. The molecular formula is C12H15N5O. The number of benzene rings is 1. The number of aromatic hydroxyl groups is 1. The molecule has 6 heteroatoms. The van der Waals surface area contributed by atoms with Gasteiger partial charge in [-0.1, -0.05) is 18.2 Å². The number of hydrogen-bond donors (Lipinski definition) is 4. The largest absolute Gasteiger partial charge is 0.508 e. The van der Waals surface area contributed by atoms with Gasteiger partial charge in [-0.2, -0.15) is 0 Å². The van der Waals surface area contributed by atoms with E-state index in [2.05, 4.69) is 15.3 Å². The van der Waals surface area contributed by atoms with Crippen LogP contribution in [0.1, 0.15) is 18.5 Å². The molecule has 2 rings (SSSR count). The van der Waals surface area contributed by atoms with Crippen LogP contribution in [0.3, 0.4) is 0 Å². The molecule has 1 atom stereocenters. The van der Waals surface area contributed by atoms with Crippen LogP contribution in [0.4, 0.5) is 17.3 Å². The Kier molecular flexibility index (Phi) is 3.18. The molecule has 0 saturated carbocycles. The zero-order valence-corrected chi connectivity index (χ0v) is 9.96. The van der Waals surface area contributed by atoms with Crippen molar-refractivity contribution in [2.45, 2.75) is 13.0 Å². The average molecular weight is 245 g/mol. The van der Waals surface area contributed by atoms with Crippen LogP contribution in [0.5, 0.6) is 5.75 Å². The van der Waals surface area contributed by atoms with Crippen LogP contribution >= 0.6 is 0 Å². The first-order valence-corrected chi connectivity index (χ1v) is 5.50. The fourth-order valence-electron chi connectivity index (χ4n) is 1.66. The van der Waals surface area contributed by atoms with Crippen LogP contribution in [0, 0.1) is 0 Å². The van der Waals surface area contributed by atoms with Gasteiger partial charge in [0.25, 0.3) is 0 Å². The quantitative estimate of drug-likeness (QED) is 0.652. The zero-order valence-electron chi connectivity index (χ0n) is 9.96. The highest BCUT2D eigenvalue weighted by Crippen LogP contribution is 2.28. The van der Waals surface area contributed by atoms with Crippen molar-refractivity contribution in [2.24, 2.45) is 0 Å². The van der Waals surface area contributed by atoms with Crippen molar-refractivity contribution >= 4 is 17.3 Å². The first-order chi connectivity index (χ1) is 8.59. The van der Waals surface area contributed by atoms with Crippen LogP contribution in [0.15, 0.2) is 30.6 Å². The molecule has 1 aromatic carbocycles. The fourth-order valence-corrected chi connectivity index (χ4v) is 1.66. The van der Waals surface area contributed by atoms with Gasteiger partial charge in [-0.25, -0.2) is 9.97 Å². The van der Waals surface area contributed by atoms with Crippen LogP contribution < -0.4 is 16.8 Å². The van der Waals surface area contributed by atoms with E-state index in [1.807, 2.05) is 19.1 Å². The minimum absolute atomic E-state index is 0.150. The number of para-hydroxylation sites is 1. The molecule has 0 aliphatic heterocycles. The normalized spacial score (nSPS) is 12.1. The van der Waals surface area contributed by atoms with E-state index >= 15 is 0 Å². The van der Waals surface area contributed by atoms with Gasteiger partial charge in [0.1, 0.15) is 17.8 Å². The van der Waals surface area contributed by atoms with Gasteiger partial charge in [-0.3, -0.25) is 0 Å². The molecule has 0 radical (unpaired) electrons. The summed E-state index contributed by atoms with van der Waals surface area (Å²) in [6.45, 7) is 1.90. The Bertz CT molecular complexity index is 558. The van der Waals surface area contributed by atoms with Gasteiger partial charge < -0.3 is 21.9 Å². The Labute approximate surface area is 105 Å². The lowest BCUT2D eigenvalue weighted by atomic mass is 10.1. The van der Waals surface area contributed by atoms with Gasteiger partial charge >= 0.3 is 0 Å². The Hall–Kier alpha value is -2.50. The Morgan fingerprint density at radius 2 is 1.94 bits per heavy atom. The van der Waals surface area contributed by atoms with Crippen LogP contribution in [-0.4, -0.2) is 15.1 Å². The third-order valence-electron chi connectivity index (χ3n) is 2.67. The number of nitrogens with zero attached hydrogens (tertiary/aromatic N) is 2. The monoisotopic (exact) mass is 245 g/mol. The third kappa shape index (κ3) is 2.27. The molecule has 94 valence electrons. The number of anilines is 3. The molecule has 0 aliphatic carbocycles. The molecule has 2 aromatic rings. The second-order valence-electron chi connectivity index (χ2n) is 3.95. The number of phenolic OH excluding ortho intramolecular Hbond substituents is 1. The minimum Gasteiger partial charge on any atom is -0.508 e. The highest BCUT2D eigenvalue weighted by Gasteiger charge is 2.12. The SMILES string of the molecule is CC(Nc1ncnc(N)c1N)c1ccccc1O. The van der Waals surface area contributed by atoms with E-state index in [4.69, 9.17) is 11.5 Å². The number of aromatic nitrogens is 2. The predicted molar refractivity (Wildman–Crippen MR) is 71.0 cm³/mol. The molecule has 0 fully saturated rings. The number of hydrogen-bond acceptors (Lipinski definition) is 6. The molecule has 0 spiro atoms. The summed E-state index contributed by atoms with van der Waals surface area (Å²) in [4.78, 5) is 7.81.